The SMILES string of the molecule is C#C[C@@]1(O)[C@@H](COC(Cc2ccccc2)(C(=O)O)C(=O)O)O[C@@H](n2cnc3c(N)nc(Cl)nc32)[C@@H]1O. The Morgan fingerprint density at radius 1 is 1.28 bits per heavy atom. The number of carboxylic acid groups (broad SMARTS) is 2. The van der Waals surface area contributed by atoms with E-state index in [-0.39, 0.29) is 22.3 Å². The number of nitrogen functional groups attached to an aromatic ring is 1. The molecule has 188 valence electrons. The van der Waals surface area contributed by atoms with Gasteiger partial charge in [0, 0.05) is 6.42 Å². The highest BCUT2D eigenvalue weighted by Gasteiger charge is 2.57. The van der Waals surface area contributed by atoms with Crippen LogP contribution in [0, 0.1) is 12.3 Å². The van der Waals surface area contributed by atoms with Crippen LogP contribution in [0.2, 0.25) is 5.28 Å². The Bertz CT molecular complexity index is 1350. The Labute approximate surface area is 208 Å². The lowest BCUT2D eigenvalue weighted by molar-refractivity contribution is -0.191. The quantitative estimate of drug-likeness (QED) is 0.150. The zero-order valence-corrected chi connectivity index (χ0v) is 19.1. The molecule has 1 aliphatic heterocycles. The molecular weight excluding hydrogens is 498 g/mol. The zero-order chi connectivity index (χ0) is 26.3. The first kappa shape index (κ1) is 25.3. The molecule has 0 aliphatic carbocycles. The summed E-state index contributed by atoms with van der Waals surface area (Å²) < 4.78 is 12.3. The van der Waals surface area contributed by atoms with Crippen molar-refractivity contribution < 1.29 is 39.5 Å². The predicted octanol–water partition coefficient (Wildman–Crippen LogP) is -0.148. The molecule has 0 spiro atoms. The van der Waals surface area contributed by atoms with E-state index in [9.17, 15) is 30.0 Å². The summed E-state index contributed by atoms with van der Waals surface area (Å²) in [5, 5.41) is 41.3. The van der Waals surface area contributed by atoms with Crippen LogP contribution in [0.5, 0.6) is 0 Å². The van der Waals surface area contributed by atoms with E-state index in [0.29, 0.717) is 5.56 Å². The van der Waals surface area contributed by atoms with Crippen molar-refractivity contribution in [1.82, 2.24) is 19.5 Å². The molecule has 4 rings (SSSR count). The van der Waals surface area contributed by atoms with Crippen LogP contribution in [-0.2, 0) is 25.5 Å². The molecule has 1 fully saturated rings. The average molecular weight is 518 g/mol. The Morgan fingerprint density at radius 3 is 2.56 bits per heavy atom. The number of ether oxygens (including phenoxy) is 2. The van der Waals surface area contributed by atoms with Crippen molar-refractivity contribution in [2.24, 2.45) is 0 Å². The third-order valence-electron chi connectivity index (χ3n) is 5.91. The second kappa shape index (κ2) is 9.34. The summed E-state index contributed by atoms with van der Waals surface area (Å²) in [4.78, 5) is 36.0. The van der Waals surface area contributed by atoms with E-state index in [1.165, 1.54) is 23.0 Å². The number of aliphatic hydroxyl groups is 2. The topological polar surface area (TPSA) is 203 Å². The minimum Gasteiger partial charge on any atom is -0.479 e. The van der Waals surface area contributed by atoms with Crippen molar-refractivity contribution in [3.05, 3.63) is 47.5 Å². The molecule has 0 amide bonds. The predicted molar refractivity (Wildman–Crippen MR) is 123 cm³/mol. The maximum atomic E-state index is 12.1. The molecule has 0 bridgehead atoms. The summed E-state index contributed by atoms with van der Waals surface area (Å²) in [6, 6.07) is 7.98. The van der Waals surface area contributed by atoms with E-state index in [4.69, 9.17) is 33.2 Å². The fourth-order valence-corrected chi connectivity index (χ4v) is 4.10. The lowest BCUT2D eigenvalue weighted by Crippen LogP contribution is -2.55. The number of benzene rings is 1. The molecule has 3 aromatic rings. The molecule has 36 heavy (non-hydrogen) atoms. The minimum absolute atomic E-state index is 0.0445. The molecule has 4 atom stereocenters. The van der Waals surface area contributed by atoms with Crippen LogP contribution in [0.25, 0.3) is 11.2 Å². The minimum atomic E-state index is -2.74. The van der Waals surface area contributed by atoms with Crippen molar-refractivity contribution in [1.29, 1.82) is 0 Å². The maximum absolute atomic E-state index is 12.1. The summed E-state index contributed by atoms with van der Waals surface area (Å²) in [6.07, 6.45) is 1.42. The number of fused-ring (bicyclic) bond motifs is 1. The number of imidazole rings is 1. The van der Waals surface area contributed by atoms with Crippen LogP contribution < -0.4 is 5.73 Å². The number of aliphatic carboxylic acids is 2. The van der Waals surface area contributed by atoms with Gasteiger partial charge in [0.25, 0.3) is 5.60 Å². The van der Waals surface area contributed by atoms with Crippen molar-refractivity contribution in [3.8, 4) is 12.3 Å². The monoisotopic (exact) mass is 517 g/mol. The van der Waals surface area contributed by atoms with Crippen LogP contribution in [-0.4, -0.2) is 81.9 Å². The third kappa shape index (κ3) is 4.11. The molecule has 14 heteroatoms. The standard InChI is InChI=1S/C22H20ClN5O8/c1-2-21(34)12(9-35-22(18(30)31,19(32)33)8-11-6-4-3-5-7-11)36-17(14(21)29)28-10-25-13-15(24)26-20(23)27-16(13)28/h1,3-7,10,12,14,17,29,34H,8-9H2,(H,30,31)(H,32,33)(H2,24,26,27)/t12-,14+,17-,21-/m1/s1. The normalized spacial score (nSPS) is 24.0. The first-order valence-corrected chi connectivity index (χ1v) is 10.7. The zero-order valence-electron chi connectivity index (χ0n) is 18.4. The number of terminal acetylenes is 1. The highest BCUT2D eigenvalue weighted by molar-refractivity contribution is 6.28. The molecule has 3 heterocycles. The summed E-state index contributed by atoms with van der Waals surface area (Å²) in [5.41, 5.74) is 1.23. The van der Waals surface area contributed by atoms with Gasteiger partial charge < -0.3 is 35.6 Å². The summed E-state index contributed by atoms with van der Waals surface area (Å²) in [7, 11) is 0. The van der Waals surface area contributed by atoms with Gasteiger partial charge in [-0.2, -0.15) is 9.97 Å². The van der Waals surface area contributed by atoms with Crippen molar-refractivity contribution in [2.45, 2.75) is 36.1 Å². The van der Waals surface area contributed by atoms with Crippen LogP contribution in [0.1, 0.15) is 11.8 Å². The van der Waals surface area contributed by atoms with Gasteiger partial charge in [0.15, 0.2) is 23.3 Å². The largest absolute Gasteiger partial charge is 0.479 e. The lowest BCUT2D eigenvalue weighted by atomic mass is 9.92. The first-order valence-electron chi connectivity index (χ1n) is 10.4. The van der Waals surface area contributed by atoms with Gasteiger partial charge in [0.05, 0.1) is 12.9 Å². The number of aromatic nitrogens is 4. The Kier molecular flexibility index (Phi) is 6.56. The van der Waals surface area contributed by atoms with E-state index in [1.807, 2.05) is 5.92 Å². The smallest absolute Gasteiger partial charge is 0.348 e. The lowest BCUT2D eigenvalue weighted by Gasteiger charge is -2.30. The van der Waals surface area contributed by atoms with Gasteiger partial charge in [-0.25, -0.2) is 14.6 Å². The number of anilines is 1. The number of hydrogen-bond acceptors (Lipinski definition) is 10. The fourth-order valence-electron chi connectivity index (χ4n) is 3.93. The molecule has 1 aliphatic rings. The highest BCUT2D eigenvalue weighted by atomic mass is 35.5. The van der Waals surface area contributed by atoms with Crippen molar-refractivity contribution in [3.63, 3.8) is 0 Å². The molecule has 6 N–H and O–H groups in total. The van der Waals surface area contributed by atoms with Gasteiger partial charge in [-0.3, -0.25) is 4.57 Å². The molecule has 0 radical (unpaired) electrons. The Morgan fingerprint density at radius 2 is 1.94 bits per heavy atom. The molecule has 0 unspecified atom stereocenters. The van der Waals surface area contributed by atoms with E-state index >= 15 is 0 Å². The number of halogens is 1. The maximum Gasteiger partial charge on any atom is 0.348 e. The van der Waals surface area contributed by atoms with E-state index < -0.39 is 54.6 Å². The molecule has 13 nitrogen and oxygen atoms in total. The van der Waals surface area contributed by atoms with Crippen LogP contribution in [0.3, 0.4) is 0 Å². The molecule has 1 saturated heterocycles. The first-order chi connectivity index (χ1) is 17.0. The summed E-state index contributed by atoms with van der Waals surface area (Å²) in [6.45, 7) is -0.801. The average Bonchev–Trinajstić information content (AvgIpc) is 3.36. The molecular formula is C22H20ClN5O8. The number of rotatable bonds is 8. The van der Waals surface area contributed by atoms with E-state index in [0.717, 1.165) is 0 Å². The van der Waals surface area contributed by atoms with Gasteiger partial charge >= 0.3 is 11.9 Å². The number of nitrogens with zero attached hydrogens (tertiary/aromatic N) is 4. The van der Waals surface area contributed by atoms with Gasteiger partial charge in [-0.15, -0.1) is 6.42 Å². The number of aliphatic hydroxyl groups excluding tert-OH is 1. The van der Waals surface area contributed by atoms with Crippen molar-refractivity contribution in [2.75, 3.05) is 12.3 Å². The molecule has 1 aromatic carbocycles. The third-order valence-corrected chi connectivity index (χ3v) is 6.08. The van der Waals surface area contributed by atoms with Crippen molar-refractivity contribution >= 4 is 40.5 Å². The van der Waals surface area contributed by atoms with E-state index in [2.05, 4.69) is 15.0 Å². The number of carbonyl (C=O) groups is 2. The number of carboxylic acids is 2. The van der Waals surface area contributed by atoms with Crippen LogP contribution in [0.15, 0.2) is 36.7 Å². The fraction of sp³-hybridized carbons (Fsp3) is 0.318. The van der Waals surface area contributed by atoms with Gasteiger partial charge in [-0.1, -0.05) is 36.3 Å². The summed E-state index contributed by atoms with van der Waals surface area (Å²) in [5.74, 6) is -1.56. The molecule has 0 saturated carbocycles. The highest BCUT2D eigenvalue weighted by Crippen LogP contribution is 2.39. The van der Waals surface area contributed by atoms with Gasteiger partial charge in [0.1, 0.15) is 17.7 Å². The van der Waals surface area contributed by atoms with Crippen LogP contribution >= 0.6 is 11.6 Å². The summed E-state index contributed by atoms with van der Waals surface area (Å²) >= 11 is 5.87. The second-order valence-electron chi connectivity index (χ2n) is 8.04. The van der Waals surface area contributed by atoms with Gasteiger partial charge in [-0.05, 0) is 17.2 Å². The second-order valence-corrected chi connectivity index (χ2v) is 8.38. The Balaban J connectivity index is 1.65. The van der Waals surface area contributed by atoms with Crippen LogP contribution in [0.4, 0.5) is 5.82 Å². The van der Waals surface area contributed by atoms with Gasteiger partial charge in [0.2, 0.25) is 5.28 Å². The van der Waals surface area contributed by atoms with E-state index in [1.54, 1.807) is 18.2 Å². The number of nitrogens with two attached hydrogens (primary N) is 1. The Hall–Kier alpha value is -3.80. The molecule has 2 aromatic heterocycles. The number of hydrogen-bond donors (Lipinski definition) is 5.